The average molecular weight is 233 g/mol. The number of hydrogen-bond donors (Lipinski definition) is 1. The predicted molar refractivity (Wildman–Crippen MR) is 58.5 cm³/mol. The lowest BCUT2D eigenvalue weighted by atomic mass is 9.63. The van der Waals surface area contributed by atoms with E-state index in [0.29, 0.717) is 11.8 Å². The van der Waals surface area contributed by atoms with Crippen molar-refractivity contribution in [2.24, 2.45) is 35.5 Å². The Morgan fingerprint density at radius 3 is 2.12 bits per heavy atom. The van der Waals surface area contributed by atoms with Gasteiger partial charge in [-0.2, -0.15) is 0 Å². The summed E-state index contributed by atoms with van der Waals surface area (Å²) in [6.45, 7) is 0.0337. The third-order valence-electron chi connectivity index (χ3n) is 5.08. The molecule has 2 saturated carbocycles. The fourth-order valence-electron chi connectivity index (χ4n) is 4.34. The summed E-state index contributed by atoms with van der Waals surface area (Å²) >= 11 is 0. The Hall–Kier alpha value is -1.16. The molecule has 90 valence electrons. The van der Waals surface area contributed by atoms with E-state index in [0.717, 1.165) is 0 Å². The van der Waals surface area contributed by atoms with Gasteiger partial charge in [-0.1, -0.05) is 12.2 Å². The normalized spacial score (nSPS) is 49.6. The molecule has 1 saturated heterocycles. The molecule has 2 amide bonds. The van der Waals surface area contributed by atoms with Crippen LogP contribution in [0.5, 0.6) is 0 Å². The number of rotatable bonds is 2. The molecule has 1 aliphatic heterocycles. The van der Waals surface area contributed by atoms with Crippen LogP contribution in [0.1, 0.15) is 6.42 Å². The Balaban J connectivity index is 1.74. The van der Waals surface area contributed by atoms with Crippen LogP contribution in [0.3, 0.4) is 0 Å². The molecule has 1 N–H and O–H groups in total. The maximum absolute atomic E-state index is 12.3. The molecular weight excluding hydrogens is 218 g/mol. The largest absolute Gasteiger partial charge is 0.395 e. The van der Waals surface area contributed by atoms with Crippen LogP contribution in [-0.4, -0.2) is 35.0 Å². The summed E-state index contributed by atoms with van der Waals surface area (Å²) < 4.78 is 0. The molecule has 1 heterocycles. The molecule has 4 aliphatic carbocycles. The molecule has 17 heavy (non-hydrogen) atoms. The average Bonchev–Trinajstić information content (AvgIpc) is 3.11. The lowest BCUT2D eigenvalue weighted by molar-refractivity contribution is -0.140. The highest BCUT2D eigenvalue weighted by atomic mass is 16.3. The van der Waals surface area contributed by atoms with Crippen LogP contribution in [0.2, 0.25) is 0 Å². The Bertz CT molecular complexity index is 408. The third-order valence-corrected chi connectivity index (χ3v) is 5.08. The number of allylic oxidation sites excluding steroid dienone is 2. The molecule has 4 heteroatoms. The minimum absolute atomic E-state index is 0.0428. The lowest BCUT2D eigenvalue weighted by Crippen LogP contribution is -2.40. The van der Waals surface area contributed by atoms with Gasteiger partial charge in [0.15, 0.2) is 0 Å². The Labute approximate surface area is 99.3 Å². The van der Waals surface area contributed by atoms with Crippen LogP contribution >= 0.6 is 0 Å². The Morgan fingerprint density at radius 1 is 1.12 bits per heavy atom. The van der Waals surface area contributed by atoms with Crippen LogP contribution in [0.25, 0.3) is 0 Å². The highest BCUT2D eigenvalue weighted by Gasteiger charge is 2.66. The molecule has 0 aromatic heterocycles. The number of carbonyl (C=O) groups is 2. The summed E-state index contributed by atoms with van der Waals surface area (Å²) in [5, 5.41) is 8.94. The number of hydrogen-bond acceptors (Lipinski definition) is 3. The van der Waals surface area contributed by atoms with E-state index in [1.165, 1.54) is 11.3 Å². The number of amides is 2. The predicted octanol–water partition coefficient (Wildman–Crippen LogP) is 0.0318. The molecule has 5 aliphatic rings. The van der Waals surface area contributed by atoms with Crippen molar-refractivity contribution in [3.63, 3.8) is 0 Å². The van der Waals surface area contributed by atoms with E-state index < -0.39 is 0 Å². The zero-order valence-electron chi connectivity index (χ0n) is 9.45. The van der Waals surface area contributed by atoms with Crippen molar-refractivity contribution in [1.29, 1.82) is 0 Å². The number of aliphatic hydroxyl groups is 1. The second-order valence-electron chi connectivity index (χ2n) is 5.71. The van der Waals surface area contributed by atoms with E-state index in [-0.39, 0.29) is 48.6 Å². The zero-order valence-corrected chi connectivity index (χ0v) is 9.45. The van der Waals surface area contributed by atoms with E-state index >= 15 is 0 Å². The van der Waals surface area contributed by atoms with E-state index in [1.807, 2.05) is 0 Å². The molecule has 6 atom stereocenters. The van der Waals surface area contributed by atoms with E-state index in [1.54, 1.807) is 0 Å². The third kappa shape index (κ3) is 1.03. The van der Waals surface area contributed by atoms with Gasteiger partial charge in [0, 0.05) is 0 Å². The molecule has 5 rings (SSSR count). The molecule has 0 aromatic carbocycles. The standard InChI is InChI=1S/C13H15NO3/c15-4-3-14-12(16)10-6-1-2-7(9-5-8(6)9)11(10)13(14)17/h1-2,6-11,15H,3-5H2/t6-,7-,8-,9+,10+,11-/m1/s1. The van der Waals surface area contributed by atoms with Crippen molar-refractivity contribution in [3.05, 3.63) is 12.2 Å². The van der Waals surface area contributed by atoms with Crippen molar-refractivity contribution >= 4 is 11.8 Å². The second kappa shape index (κ2) is 2.99. The first-order chi connectivity index (χ1) is 8.24. The fourth-order valence-corrected chi connectivity index (χ4v) is 4.34. The summed E-state index contributed by atoms with van der Waals surface area (Å²) in [6.07, 6.45) is 5.51. The lowest BCUT2D eigenvalue weighted by Gasteiger charge is -2.37. The van der Waals surface area contributed by atoms with Gasteiger partial charge in [-0.3, -0.25) is 14.5 Å². The van der Waals surface area contributed by atoms with Crippen LogP contribution in [0.4, 0.5) is 0 Å². The number of nitrogens with zero attached hydrogens (tertiary/aromatic N) is 1. The molecule has 0 spiro atoms. The fraction of sp³-hybridized carbons (Fsp3) is 0.692. The smallest absolute Gasteiger partial charge is 0.233 e. The minimum Gasteiger partial charge on any atom is -0.395 e. The Kier molecular flexibility index (Phi) is 1.73. The number of carbonyl (C=O) groups excluding carboxylic acids is 2. The van der Waals surface area contributed by atoms with Crippen molar-refractivity contribution in [3.8, 4) is 0 Å². The SMILES string of the molecule is O=C1[C@@H]2[C@@H]3C=C[C@H]([C@H]4C[C@@H]34)[C@@H]2C(=O)N1CCO. The summed E-state index contributed by atoms with van der Waals surface area (Å²) in [6, 6.07) is 0. The van der Waals surface area contributed by atoms with Gasteiger partial charge < -0.3 is 5.11 Å². The first-order valence-corrected chi connectivity index (χ1v) is 6.38. The van der Waals surface area contributed by atoms with Crippen molar-refractivity contribution in [2.75, 3.05) is 13.2 Å². The topological polar surface area (TPSA) is 57.6 Å². The van der Waals surface area contributed by atoms with Crippen LogP contribution < -0.4 is 0 Å². The van der Waals surface area contributed by atoms with Gasteiger partial charge in [0.2, 0.25) is 11.8 Å². The molecule has 2 bridgehead atoms. The van der Waals surface area contributed by atoms with Crippen LogP contribution in [0, 0.1) is 35.5 Å². The van der Waals surface area contributed by atoms with Crippen molar-refractivity contribution in [2.45, 2.75) is 6.42 Å². The maximum Gasteiger partial charge on any atom is 0.233 e. The zero-order chi connectivity index (χ0) is 11.7. The summed E-state index contributed by atoms with van der Waals surface area (Å²) in [5.41, 5.74) is 0. The van der Waals surface area contributed by atoms with Crippen LogP contribution in [0.15, 0.2) is 12.2 Å². The second-order valence-corrected chi connectivity index (χ2v) is 5.71. The summed E-state index contributed by atoms with van der Waals surface area (Å²) in [5.74, 6) is 1.55. The highest BCUT2D eigenvalue weighted by Crippen LogP contribution is 2.65. The van der Waals surface area contributed by atoms with Gasteiger partial charge in [0.05, 0.1) is 25.0 Å². The van der Waals surface area contributed by atoms with Gasteiger partial charge in [0.1, 0.15) is 0 Å². The molecule has 0 unspecified atom stereocenters. The number of aliphatic hydroxyl groups excluding tert-OH is 1. The van der Waals surface area contributed by atoms with E-state index in [2.05, 4.69) is 12.2 Å². The van der Waals surface area contributed by atoms with Gasteiger partial charge >= 0.3 is 0 Å². The number of imide groups is 1. The van der Waals surface area contributed by atoms with E-state index in [9.17, 15) is 9.59 Å². The molecule has 0 radical (unpaired) electrons. The molecule has 0 aromatic rings. The summed E-state index contributed by atoms with van der Waals surface area (Å²) in [7, 11) is 0. The molecular formula is C13H15NO3. The number of likely N-dealkylation sites (tertiary alicyclic amines) is 1. The van der Waals surface area contributed by atoms with Gasteiger partial charge in [-0.25, -0.2) is 0 Å². The van der Waals surface area contributed by atoms with Crippen LogP contribution in [-0.2, 0) is 9.59 Å². The first-order valence-electron chi connectivity index (χ1n) is 6.38. The van der Waals surface area contributed by atoms with Crippen molar-refractivity contribution in [1.82, 2.24) is 4.90 Å². The highest BCUT2D eigenvalue weighted by molar-refractivity contribution is 6.06. The maximum atomic E-state index is 12.3. The molecule has 4 nitrogen and oxygen atoms in total. The monoisotopic (exact) mass is 233 g/mol. The number of β-amino-alcohol motifs (C(OH)–C–C–N with tert-alkyl or cyclic N) is 1. The van der Waals surface area contributed by atoms with Gasteiger partial charge in [0.25, 0.3) is 0 Å². The van der Waals surface area contributed by atoms with Gasteiger partial charge in [-0.15, -0.1) is 0 Å². The van der Waals surface area contributed by atoms with Crippen molar-refractivity contribution < 1.29 is 14.7 Å². The minimum atomic E-state index is -0.132. The Morgan fingerprint density at radius 2 is 1.65 bits per heavy atom. The first kappa shape index (κ1) is 9.83. The quantitative estimate of drug-likeness (QED) is 0.541. The van der Waals surface area contributed by atoms with Gasteiger partial charge in [-0.05, 0) is 30.1 Å². The summed E-state index contributed by atoms with van der Waals surface area (Å²) in [4.78, 5) is 25.8. The van der Waals surface area contributed by atoms with E-state index in [4.69, 9.17) is 5.11 Å². The molecule has 3 fully saturated rings.